The molecule has 3 heterocycles. The lowest BCUT2D eigenvalue weighted by Gasteiger charge is -2.41. The molecule has 36 heavy (non-hydrogen) atoms. The van der Waals surface area contributed by atoms with E-state index in [0.29, 0.717) is 11.4 Å². The van der Waals surface area contributed by atoms with Gasteiger partial charge in [-0.3, -0.25) is 9.69 Å². The summed E-state index contributed by atoms with van der Waals surface area (Å²) in [4.78, 5) is 27.4. The molecule has 0 spiro atoms. The maximum Gasteiger partial charge on any atom is 0.213 e. The number of thiazole rings is 1. The molecule has 2 aromatic heterocycles. The summed E-state index contributed by atoms with van der Waals surface area (Å²) in [5.74, 6) is 0.485. The quantitative estimate of drug-likeness (QED) is 0.369. The molecular formula is C29H36N4O2S. The average molecular weight is 505 g/mol. The Hall–Kier alpha value is -2.77. The number of hydrogen-bond acceptors (Lipinski definition) is 7. The van der Waals surface area contributed by atoms with E-state index in [1.807, 2.05) is 0 Å². The Bertz CT molecular complexity index is 1160. The molecule has 0 N–H and O–H groups in total. The first-order chi connectivity index (χ1) is 17.6. The van der Waals surface area contributed by atoms with Crippen molar-refractivity contribution in [2.45, 2.75) is 57.9 Å². The van der Waals surface area contributed by atoms with Gasteiger partial charge in [0.05, 0.1) is 13.5 Å². The minimum Gasteiger partial charge on any atom is -0.481 e. The van der Waals surface area contributed by atoms with Gasteiger partial charge in [-0.1, -0.05) is 50.5 Å². The van der Waals surface area contributed by atoms with E-state index in [0.717, 1.165) is 54.9 Å². The van der Waals surface area contributed by atoms with Crippen LogP contribution in [0.2, 0.25) is 0 Å². The van der Waals surface area contributed by atoms with Gasteiger partial charge in [-0.2, -0.15) is 0 Å². The molecule has 1 saturated heterocycles. The van der Waals surface area contributed by atoms with Crippen LogP contribution in [0, 0.1) is 0 Å². The Morgan fingerprint density at radius 2 is 1.81 bits per heavy atom. The summed E-state index contributed by atoms with van der Waals surface area (Å²) < 4.78 is 5.20. The number of anilines is 1. The Labute approximate surface area is 218 Å². The summed E-state index contributed by atoms with van der Waals surface area (Å²) in [7, 11) is 1.56. The number of aryl methyl sites for hydroxylation is 1. The number of carbonyl (C=O) groups excluding carboxylic acids is 1. The first-order valence-electron chi connectivity index (χ1n) is 13.3. The summed E-state index contributed by atoms with van der Waals surface area (Å²) in [5, 5.41) is 2.05. The van der Waals surface area contributed by atoms with Gasteiger partial charge in [-0.15, -0.1) is 11.3 Å². The van der Waals surface area contributed by atoms with Crippen LogP contribution in [0.15, 0.2) is 42.6 Å². The van der Waals surface area contributed by atoms with Gasteiger partial charge in [-0.25, -0.2) is 9.97 Å². The van der Waals surface area contributed by atoms with Crippen LogP contribution in [-0.4, -0.2) is 60.0 Å². The van der Waals surface area contributed by atoms with E-state index in [-0.39, 0.29) is 12.2 Å². The lowest BCUT2D eigenvalue weighted by atomic mass is 9.94. The molecule has 0 unspecified atom stereocenters. The first kappa shape index (κ1) is 24.9. The zero-order valence-corrected chi connectivity index (χ0v) is 22.2. The number of ketones is 1. The van der Waals surface area contributed by atoms with Crippen molar-refractivity contribution in [3.63, 3.8) is 0 Å². The molecule has 0 radical (unpaired) electrons. The number of ether oxygens (including phenoxy) is 1. The fourth-order valence-corrected chi connectivity index (χ4v) is 6.54. The summed E-state index contributed by atoms with van der Waals surface area (Å²) >= 11 is 1.67. The van der Waals surface area contributed by atoms with Crippen LogP contribution in [0.25, 0.3) is 11.3 Å². The standard InChI is InChI=1S/C29H36N4O2S/c1-3-21-9-11-22(12-10-21)28-29(33-17-15-32(16-18-33)24-7-5-4-6-8-24)36-27(31-28)20-25(34)23-13-14-30-26(19-23)35-2/h9-14,19,24H,3-8,15-18,20H2,1-2H3. The van der Waals surface area contributed by atoms with Gasteiger partial charge < -0.3 is 9.64 Å². The van der Waals surface area contributed by atoms with Gasteiger partial charge >= 0.3 is 0 Å². The Morgan fingerprint density at radius 1 is 1.06 bits per heavy atom. The van der Waals surface area contributed by atoms with Crippen molar-refractivity contribution in [3.8, 4) is 17.1 Å². The van der Waals surface area contributed by atoms with Crippen molar-refractivity contribution >= 4 is 22.1 Å². The second-order valence-electron chi connectivity index (χ2n) is 9.81. The monoisotopic (exact) mass is 504 g/mol. The van der Waals surface area contributed by atoms with E-state index >= 15 is 0 Å². The Balaban J connectivity index is 1.37. The Kier molecular flexibility index (Phi) is 7.97. The third-order valence-corrected chi connectivity index (χ3v) is 8.68. The van der Waals surface area contributed by atoms with Crippen LogP contribution in [-0.2, 0) is 12.8 Å². The summed E-state index contributed by atoms with van der Waals surface area (Å²) in [6.45, 7) is 6.39. The van der Waals surface area contributed by atoms with Crippen molar-refractivity contribution in [1.82, 2.24) is 14.9 Å². The van der Waals surface area contributed by atoms with E-state index in [9.17, 15) is 4.79 Å². The van der Waals surface area contributed by atoms with Crippen LogP contribution >= 0.6 is 11.3 Å². The number of Topliss-reactive ketones (excluding diaryl/α,β-unsaturated/α-hetero) is 1. The minimum absolute atomic E-state index is 0.0333. The van der Waals surface area contributed by atoms with E-state index in [1.54, 1.807) is 36.8 Å². The number of pyridine rings is 1. The maximum absolute atomic E-state index is 13.1. The van der Waals surface area contributed by atoms with Crippen LogP contribution in [0.5, 0.6) is 5.88 Å². The predicted octanol–water partition coefficient (Wildman–Crippen LogP) is 5.66. The van der Waals surface area contributed by atoms with Crippen LogP contribution < -0.4 is 9.64 Å². The van der Waals surface area contributed by atoms with E-state index in [1.165, 1.54) is 42.7 Å². The topological polar surface area (TPSA) is 58.6 Å². The number of nitrogens with zero attached hydrogens (tertiary/aromatic N) is 4. The van der Waals surface area contributed by atoms with Gasteiger partial charge in [0.2, 0.25) is 5.88 Å². The van der Waals surface area contributed by atoms with Gasteiger partial charge in [0.25, 0.3) is 0 Å². The van der Waals surface area contributed by atoms with Crippen molar-refractivity contribution < 1.29 is 9.53 Å². The van der Waals surface area contributed by atoms with E-state index < -0.39 is 0 Å². The number of carbonyl (C=O) groups is 1. The summed E-state index contributed by atoms with van der Waals surface area (Å²) in [6.07, 6.45) is 9.75. The number of aromatic nitrogens is 2. The second kappa shape index (κ2) is 11.5. The lowest BCUT2D eigenvalue weighted by molar-refractivity contribution is 0.0992. The third-order valence-electron chi connectivity index (χ3n) is 7.56. The highest BCUT2D eigenvalue weighted by Gasteiger charge is 2.28. The predicted molar refractivity (Wildman–Crippen MR) is 146 cm³/mol. The average Bonchev–Trinajstić information content (AvgIpc) is 3.37. The smallest absolute Gasteiger partial charge is 0.213 e. The highest BCUT2D eigenvalue weighted by Crippen LogP contribution is 2.38. The number of piperazine rings is 1. The zero-order chi connectivity index (χ0) is 24.9. The summed E-state index contributed by atoms with van der Waals surface area (Å²) in [5.41, 5.74) is 4.05. The molecule has 3 aromatic rings. The molecule has 0 amide bonds. The van der Waals surface area contributed by atoms with Gasteiger partial charge in [0, 0.05) is 55.6 Å². The van der Waals surface area contributed by atoms with Crippen LogP contribution in [0.1, 0.15) is 60.0 Å². The fourth-order valence-electron chi connectivity index (χ4n) is 5.40. The molecule has 2 aliphatic rings. The van der Waals surface area contributed by atoms with Crippen molar-refractivity contribution in [1.29, 1.82) is 0 Å². The lowest BCUT2D eigenvalue weighted by Crippen LogP contribution is -2.50. The molecule has 7 heteroatoms. The van der Waals surface area contributed by atoms with Gasteiger partial charge in [0.15, 0.2) is 5.78 Å². The second-order valence-corrected chi connectivity index (χ2v) is 10.9. The molecule has 190 valence electrons. The van der Waals surface area contributed by atoms with Gasteiger partial charge in [0.1, 0.15) is 15.7 Å². The van der Waals surface area contributed by atoms with Gasteiger partial charge in [-0.05, 0) is 30.9 Å². The molecular weight excluding hydrogens is 468 g/mol. The highest BCUT2D eigenvalue weighted by atomic mass is 32.1. The molecule has 1 aliphatic carbocycles. The van der Waals surface area contributed by atoms with Crippen molar-refractivity contribution in [3.05, 3.63) is 58.7 Å². The minimum atomic E-state index is 0.0333. The molecule has 0 bridgehead atoms. The summed E-state index contributed by atoms with van der Waals surface area (Å²) in [6, 6.07) is 12.9. The number of rotatable bonds is 8. The fraction of sp³-hybridized carbons (Fsp3) is 0.483. The molecule has 1 saturated carbocycles. The maximum atomic E-state index is 13.1. The number of benzene rings is 1. The van der Waals surface area contributed by atoms with Crippen molar-refractivity contribution in [2.75, 3.05) is 38.2 Å². The SMILES string of the molecule is CCc1ccc(-c2nc(CC(=O)c3ccnc(OC)c3)sc2N2CCN(C3CCCCC3)CC2)cc1. The number of methoxy groups -OCH3 is 1. The normalized spacial score (nSPS) is 17.3. The molecule has 1 aliphatic heterocycles. The number of hydrogen-bond donors (Lipinski definition) is 0. The first-order valence-corrected chi connectivity index (χ1v) is 14.1. The highest BCUT2D eigenvalue weighted by molar-refractivity contribution is 7.16. The third kappa shape index (κ3) is 5.62. The zero-order valence-electron chi connectivity index (χ0n) is 21.4. The Morgan fingerprint density at radius 3 is 2.50 bits per heavy atom. The molecule has 1 aromatic carbocycles. The molecule has 6 nitrogen and oxygen atoms in total. The van der Waals surface area contributed by atoms with Crippen LogP contribution in [0.4, 0.5) is 5.00 Å². The van der Waals surface area contributed by atoms with E-state index in [4.69, 9.17) is 9.72 Å². The van der Waals surface area contributed by atoms with E-state index in [2.05, 4.69) is 46.0 Å². The molecule has 5 rings (SSSR count). The van der Waals surface area contributed by atoms with Crippen molar-refractivity contribution in [2.24, 2.45) is 0 Å². The largest absolute Gasteiger partial charge is 0.481 e. The molecule has 2 fully saturated rings. The van der Waals surface area contributed by atoms with Crippen LogP contribution in [0.3, 0.4) is 0 Å². The molecule has 0 atom stereocenters.